The van der Waals surface area contributed by atoms with Crippen molar-refractivity contribution in [1.29, 1.82) is 5.26 Å². The molecule has 0 spiro atoms. The van der Waals surface area contributed by atoms with E-state index < -0.39 is 17.2 Å². The molecular formula is C16H19N3O5. The van der Waals surface area contributed by atoms with Crippen LogP contribution in [0.15, 0.2) is 22.9 Å². The van der Waals surface area contributed by atoms with E-state index in [0.717, 1.165) is 0 Å². The quantitative estimate of drug-likeness (QED) is 0.355. The average molecular weight is 333 g/mol. The van der Waals surface area contributed by atoms with Gasteiger partial charge in [0.25, 0.3) is 5.91 Å². The standard InChI is InChI=1S/C16H19N3O5/c1-5-19(6-2)16(21)11(9-17)14(20)10-7-12(18-22)15(24-4)13(8-10)23-3/h7-8,20H,5-6H2,1-4H3/b14-11-. The molecule has 1 aromatic rings. The predicted molar refractivity (Wildman–Crippen MR) is 88.1 cm³/mol. The van der Waals surface area contributed by atoms with Gasteiger partial charge in [0.05, 0.1) is 14.2 Å². The molecule has 0 aliphatic carbocycles. The minimum Gasteiger partial charge on any atom is -0.506 e. The fourth-order valence-electron chi connectivity index (χ4n) is 2.16. The van der Waals surface area contributed by atoms with Crippen molar-refractivity contribution < 1.29 is 19.4 Å². The Morgan fingerprint density at radius 3 is 2.33 bits per heavy atom. The third-order valence-electron chi connectivity index (χ3n) is 3.44. The van der Waals surface area contributed by atoms with Crippen LogP contribution in [0.1, 0.15) is 19.4 Å². The Morgan fingerprint density at radius 1 is 1.29 bits per heavy atom. The van der Waals surface area contributed by atoms with Gasteiger partial charge in [-0.15, -0.1) is 4.91 Å². The highest BCUT2D eigenvalue weighted by atomic mass is 16.5. The molecule has 0 fully saturated rings. The monoisotopic (exact) mass is 333 g/mol. The molecular weight excluding hydrogens is 314 g/mol. The number of ether oxygens (including phenoxy) is 2. The van der Waals surface area contributed by atoms with Crippen molar-refractivity contribution in [1.82, 2.24) is 4.90 Å². The molecule has 0 atom stereocenters. The zero-order valence-corrected chi connectivity index (χ0v) is 14.0. The molecule has 1 rings (SSSR count). The maximum atomic E-state index is 12.3. The Labute approximate surface area is 139 Å². The number of carbonyl (C=O) groups is 1. The molecule has 8 nitrogen and oxygen atoms in total. The number of carbonyl (C=O) groups excluding carboxylic acids is 1. The van der Waals surface area contributed by atoms with E-state index in [-0.39, 0.29) is 22.7 Å². The van der Waals surface area contributed by atoms with Gasteiger partial charge in [-0.05, 0) is 31.2 Å². The van der Waals surface area contributed by atoms with Crippen molar-refractivity contribution in [2.24, 2.45) is 5.18 Å². The lowest BCUT2D eigenvalue weighted by Gasteiger charge is -2.18. The first-order valence-corrected chi connectivity index (χ1v) is 7.21. The average Bonchev–Trinajstić information content (AvgIpc) is 2.61. The van der Waals surface area contributed by atoms with Crippen LogP contribution in [0.2, 0.25) is 0 Å². The highest BCUT2D eigenvalue weighted by molar-refractivity contribution is 6.03. The minimum atomic E-state index is -0.601. The molecule has 0 aromatic heterocycles. The first-order chi connectivity index (χ1) is 11.5. The van der Waals surface area contributed by atoms with Gasteiger partial charge in [-0.25, -0.2) is 0 Å². The second-order valence-electron chi connectivity index (χ2n) is 4.64. The van der Waals surface area contributed by atoms with E-state index in [9.17, 15) is 20.1 Å². The van der Waals surface area contributed by atoms with Crippen molar-refractivity contribution >= 4 is 17.4 Å². The van der Waals surface area contributed by atoms with E-state index in [0.29, 0.717) is 13.1 Å². The minimum absolute atomic E-state index is 0.0549. The summed E-state index contributed by atoms with van der Waals surface area (Å²) in [4.78, 5) is 24.7. The third-order valence-corrected chi connectivity index (χ3v) is 3.44. The van der Waals surface area contributed by atoms with Gasteiger partial charge < -0.3 is 19.5 Å². The Hall–Kier alpha value is -3.08. The second-order valence-corrected chi connectivity index (χ2v) is 4.64. The van der Waals surface area contributed by atoms with E-state index in [1.54, 1.807) is 19.9 Å². The van der Waals surface area contributed by atoms with Gasteiger partial charge in [0.1, 0.15) is 11.8 Å². The molecule has 1 aromatic carbocycles. The van der Waals surface area contributed by atoms with Crippen molar-refractivity contribution in [3.63, 3.8) is 0 Å². The molecule has 24 heavy (non-hydrogen) atoms. The summed E-state index contributed by atoms with van der Waals surface area (Å²) in [5, 5.41) is 22.5. The number of likely N-dealkylation sites (N-methyl/N-ethyl adjacent to an activating group) is 1. The SMILES string of the molecule is CCN(CC)C(=O)/C(C#N)=C(\O)c1cc(N=O)c(OC)c(OC)c1. The zero-order chi connectivity index (χ0) is 18.3. The predicted octanol–water partition coefficient (Wildman–Crippen LogP) is 2.76. The molecule has 0 aliphatic rings. The first kappa shape index (κ1) is 19.0. The largest absolute Gasteiger partial charge is 0.506 e. The Balaban J connectivity index is 3.54. The number of hydrogen-bond donors (Lipinski definition) is 1. The van der Waals surface area contributed by atoms with Crippen LogP contribution in [0.25, 0.3) is 5.76 Å². The van der Waals surface area contributed by atoms with Crippen LogP contribution in [0.5, 0.6) is 11.5 Å². The van der Waals surface area contributed by atoms with Crippen molar-refractivity contribution in [2.75, 3.05) is 27.3 Å². The van der Waals surface area contributed by atoms with E-state index in [1.807, 2.05) is 0 Å². The molecule has 0 saturated carbocycles. The van der Waals surface area contributed by atoms with Crippen LogP contribution in [0.3, 0.4) is 0 Å². The molecule has 1 N–H and O–H groups in total. The van der Waals surface area contributed by atoms with Gasteiger partial charge in [0.2, 0.25) is 0 Å². The number of benzene rings is 1. The summed E-state index contributed by atoms with van der Waals surface area (Å²) in [7, 11) is 2.69. The smallest absolute Gasteiger partial charge is 0.268 e. The molecule has 0 radical (unpaired) electrons. The fraction of sp³-hybridized carbons (Fsp3) is 0.375. The van der Waals surface area contributed by atoms with Gasteiger partial charge in [-0.3, -0.25) is 4.79 Å². The van der Waals surface area contributed by atoms with Gasteiger partial charge in [0, 0.05) is 18.7 Å². The second kappa shape index (κ2) is 8.53. The van der Waals surface area contributed by atoms with Gasteiger partial charge in [-0.1, -0.05) is 0 Å². The lowest BCUT2D eigenvalue weighted by atomic mass is 10.1. The number of rotatable bonds is 7. The summed E-state index contributed by atoms with van der Waals surface area (Å²) < 4.78 is 10.1. The van der Waals surface area contributed by atoms with Crippen LogP contribution in [0.4, 0.5) is 5.69 Å². The highest BCUT2D eigenvalue weighted by Gasteiger charge is 2.23. The molecule has 8 heteroatoms. The summed E-state index contributed by atoms with van der Waals surface area (Å²) in [5.41, 5.74) is -0.493. The maximum absolute atomic E-state index is 12.3. The van der Waals surface area contributed by atoms with Gasteiger partial charge in [-0.2, -0.15) is 5.26 Å². The van der Waals surface area contributed by atoms with Crippen LogP contribution in [-0.2, 0) is 4.79 Å². The Bertz CT molecular complexity index is 702. The first-order valence-electron chi connectivity index (χ1n) is 7.21. The molecule has 0 saturated heterocycles. The number of nitroso groups, excluding NO2 is 1. The number of aliphatic hydroxyl groups excluding tert-OH is 1. The summed E-state index contributed by atoms with van der Waals surface area (Å²) in [6.45, 7) is 4.30. The van der Waals surface area contributed by atoms with Crippen LogP contribution < -0.4 is 9.47 Å². The van der Waals surface area contributed by atoms with E-state index in [1.165, 1.54) is 31.3 Å². The van der Waals surface area contributed by atoms with Crippen molar-refractivity contribution in [3.05, 3.63) is 28.2 Å². The number of hydrogen-bond acceptors (Lipinski definition) is 7. The van der Waals surface area contributed by atoms with E-state index in [4.69, 9.17) is 9.47 Å². The third kappa shape index (κ3) is 3.63. The maximum Gasteiger partial charge on any atom is 0.268 e. The lowest BCUT2D eigenvalue weighted by molar-refractivity contribution is -0.126. The fourth-order valence-corrected chi connectivity index (χ4v) is 2.16. The Kier molecular flexibility index (Phi) is 6.74. The summed E-state index contributed by atoms with van der Waals surface area (Å²) in [6.07, 6.45) is 0. The van der Waals surface area contributed by atoms with Crippen LogP contribution >= 0.6 is 0 Å². The molecule has 0 aliphatic heterocycles. The number of nitriles is 1. The number of nitrogens with zero attached hydrogens (tertiary/aromatic N) is 3. The number of amides is 1. The van der Waals surface area contributed by atoms with Crippen LogP contribution in [-0.4, -0.2) is 43.2 Å². The van der Waals surface area contributed by atoms with Crippen molar-refractivity contribution in [3.8, 4) is 17.6 Å². The Morgan fingerprint density at radius 2 is 1.92 bits per heavy atom. The van der Waals surface area contributed by atoms with Gasteiger partial charge in [0.15, 0.2) is 22.8 Å². The molecule has 0 heterocycles. The number of aliphatic hydroxyl groups is 1. The molecule has 0 bridgehead atoms. The van der Waals surface area contributed by atoms with E-state index >= 15 is 0 Å². The number of methoxy groups -OCH3 is 2. The topological polar surface area (TPSA) is 112 Å². The summed E-state index contributed by atoms with van der Waals surface area (Å²) in [5.74, 6) is -0.919. The lowest BCUT2D eigenvalue weighted by Crippen LogP contribution is -2.31. The molecule has 0 unspecified atom stereocenters. The molecule has 128 valence electrons. The normalized spacial score (nSPS) is 11.1. The zero-order valence-electron chi connectivity index (χ0n) is 14.0. The highest BCUT2D eigenvalue weighted by Crippen LogP contribution is 2.40. The summed E-state index contributed by atoms with van der Waals surface area (Å²) in [6, 6.07) is 4.29. The van der Waals surface area contributed by atoms with Gasteiger partial charge >= 0.3 is 0 Å². The summed E-state index contributed by atoms with van der Waals surface area (Å²) >= 11 is 0. The van der Waals surface area contributed by atoms with Crippen molar-refractivity contribution in [2.45, 2.75) is 13.8 Å². The van der Waals surface area contributed by atoms with Crippen LogP contribution in [0, 0.1) is 16.2 Å². The molecule has 1 amide bonds. The van der Waals surface area contributed by atoms with E-state index in [2.05, 4.69) is 5.18 Å².